The molecule has 2 N–H and O–H groups in total. The molecule has 3 unspecified atom stereocenters. The lowest BCUT2D eigenvalue weighted by atomic mass is 9.65. The standard InChI is InChI=1S/C19H34N2O2.ClH/c1-2-11-23-17-7-4-9-21(10-8-17)19(22)16-12-14-5-3-6-15(13-16)18(14)20;/h14-18H,2-13,20H2,1H3;1H. The smallest absolute Gasteiger partial charge is 0.225 e. The maximum absolute atomic E-state index is 13.0. The van der Waals surface area contributed by atoms with Crippen LogP contribution in [0.3, 0.4) is 0 Å². The third-order valence-corrected chi connectivity index (χ3v) is 6.31. The molecule has 2 aliphatic carbocycles. The van der Waals surface area contributed by atoms with E-state index in [2.05, 4.69) is 11.8 Å². The summed E-state index contributed by atoms with van der Waals surface area (Å²) in [6.07, 6.45) is 10.4. The summed E-state index contributed by atoms with van der Waals surface area (Å²) in [7, 11) is 0. The number of fused-ring (bicyclic) bond motifs is 2. The Kier molecular flexibility index (Phi) is 7.83. The zero-order valence-electron chi connectivity index (χ0n) is 15.1. The number of likely N-dealkylation sites (tertiary alicyclic amines) is 1. The van der Waals surface area contributed by atoms with E-state index in [0.717, 1.165) is 58.2 Å². The predicted octanol–water partition coefficient (Wildman–Crippen LogP) is 3.37. The van der Waals surface area contributed by atoms with Crippen molar-refractivity contribution >= 4 is 18.3 Å². The van der Waals surface area contributed by atoms with Gasteiger partial charge in [0.1, 0.15) is 0 Å². The molecular weight excluding hydrogens is 324 g/mol. The lowest BCUT2D eigenvalue weighted by Crippen LogP contribution is -2.49. The number of ether oxygens (including phenoxy) is 1. The number of carbonyl (C=O) groups excluding carboxylic acids is 1. The Balaban J connectivity index is 0.00000208. The number of hydrogen-bond donors (Lipinski definition) is 1. The largest absolute Gasteiger partial charge is 0.378 e. The topological polar surface area (TPSA) is 55.6 Å². The van der Waals surface area contributed by atoms with Crippen molar-refractivity contribution in [3.63, 3.8) is 0 Å². The second-order valence-corrected chi connectivity index (χ2v) is 7.95. The molecule has 1 aliphatic heterocycles. The molecule has 1 amide bonds. The number of amides is 1. The highest BCUT2D eigenvalue weighted by molar-refractivity contribution is 5.85. The molecule has 1 saturated heterocycles. The Labute approximate surface area is 153 Å². The van der Waals surface area contributed by atoms with Crippen LogP contribution < -0.4 is 5.73 Å². The minimum atomic E-state index is 0. The van der Waals surface area contributed by atoms with Crippen molar-refractivity contribution in [1.82, 2.24) is 4.90 Å². The Morgan fingerprint density at radius 1 is 1.08 bits per heavy atom. The van der Waals surface area contributed by atoms with Crippen molar-refractivity contribution in [2.75, 3.05) is 19.7 Å². The fourth-order valence-corrected chi connectivity index (χ4v) is 4.99. The third kappa shape index (κ3) is 4.64. The van der Waals surface area contributed by atoms with Crippen LogP contribution in [0.25, 0.3) is 0 Å². The quantitative estimate of drug-likeness (QED) is 0.838. The fraction of sp³-hybridized carbons (Fsp3) is 0.947. The zero-order valence-corrected chi connectivity index (χ0v) is 15.9. The van der Waals surface area contributed by atoms with Crippen LogP contribution >= 0.6 is 12.4 Å². The van der Waals surface area contributed by atoms with Gasteiger partial charge in [-0.25, -0.2) is 0 Å². The van der Waals surface area contributed by atoms with E-state index in [1.54, 1.807) is 0 Å². The molecule has 140 valence electrons. The molecule has 0 aromatic heterocycles. The molecule has 5 heteroatoms. The number of rotatable bonds is 4. The predicted molar refractivity (Wildman–Crippen MR) is 99.2 cm³/mol. The summed E-state index contributed by atoms with van der Waals surface area (Å²) in [5.41, 5.74) is 6.37. The molecule has 2 bridgehead atoms. The van der Waals surface area contributed by atoms with Gasteiger partial charge in [0.05, 0.1) is 6.10 Å². The Morgan fingerprint density at radius 3 is 2.46 bits per heavy atom. The van der Waals surface area contributed by atoms with E-state index in [1.807, 2.05) is 0 Å². The molecule has 0 radical (unpaired) electrons. The molecule has 3 aliphatic rings. The van der Waals surface area contributed by atoms with Crippen molar-refractivity contribution in [1.29, 1.82) is 0 Å². The van der Waals surface area contributed by atoms with Gasteiger partial charge in [0.25, 0.3) is 0 Å². The number of nitrogens with two attached hydrogens (primary N) is 1. The molecule has 0 spiro atoms. The molecule has 2 saturated carbocycles. The molecule has 0 aromatic rings. The third-order valence-electron chi connectivity index (χ3n) is 6.31. The van der Waals surface area contributed by atoms with E-state index < -0.39 is 0 Å². The highest BCUT2D eigenvalue weighted by Crippen LogP contribution is 2.42. The lowest BCUT2D eigenvalue weighted by molar-refractivity contribution is -0.138. The van der Waals surface area contributed by atoms with Gasteiger partial charge in [-0.15, -0.1) is 12.4 Å². The summed E-state index contributed by atoms with van der Waals surface area (Å²) in [6.45, 7) is 4.80. The van der Waals surface area contributed by atoms with Gasteiger partial charge in [-0.2, -0.15) is 0 Å². The summed E-state index contributed by atoms with van der Waals surface area (Å²) in [5, 5.41) is 0. The molecule has 3 atom stereocenters. The first-order valence-electron chi connectivity index (χ1n) is 9.85. The molecule has 3 rings (SSSR count). The molecule has 3 fully saturated rings. The number of halogens is 1. The van der Waals surface area contributed by atoms with Gasteiger partial charge < -0.3 is 15.4 Å². The number of carbonyl (C=O) groups is 1. The van der Waals surface area contributed by atoms with Crippen molar-refractivity contribution in [2.24, 2.45) is 23.5 Å². The van der Waals surface area contributed by atoms with Gasteiger partial charge in [-0.3, -0.25) is 4.79 Å². The molecule has 1 heterocycles. The summed E-state index contributed by atoms with van der Waals surface area (Å²) in [6, 6.07) is 0.351. The van der Waals surface area contributed by atoms with Crippen molar-refractivity contribution in [2.45, 2.75) is 76.9 Å². The summed E-state index contributed by atoms with van der Waals surface area (Å²) in [5.74, 6) is 1.82. The van der Waals surface area contributed by atoms with Crippen molar-refractivity contribution in [3.05, 3.63) is 0 Å². The normalized spacial score (nSPS) is 36.6. The van der Waals surface area contributed by atoms with Crippen LogP contribution in [-0.2, 0) is 9.53 Å². The van der Waals surface area contributed by atoms with E-state index in [-0.39, 0.29) is 18.3 Å². The lowest BCUT2D eigenvalue weighted by Gasteiger charge is -2.44. The van der Waals surface area contributed by atoms with E-state index in [4.69, 9.17) is 10.5 Å². The van der Waals surface area contributed by atoms with E-state index in [1.165, 1.54) is 19.3 Å². The minimum Gasteiger partial charge on any atom is -0.378 e. The maximum atomic E-state index is 13.0. The van der Waals surface area contributed by atoms with E-state index in [9.17, 15) is 4.79 Å². The molecular formula is C19H35ClN2O2. The number of nitrogens with zero attached hydrogens (tertiary/aromatic N) is 1. The zero-order chi connectivity index (χ0) is 16.2. The van der Waals surface area contributed by atoms with Gasteiger partial charge in [0, 0.05) is 31.7 Å². The van der Waals surface area contributed by atoms with Crippen LogP contribution in [0.15, 0.2) is 0 Å². The Bertz CT molecular complexity index is 393. The number of hydrogen-bond acceptors (Lipinski definition) is 3. The van der Waals surface area contributed by atoms with Gasteiger partial charge in [0.15, 0.2) is 0 Å². The first-order valence-corrected chi connectivity index (χ1v) is 9.85. The van der Waals surface area contributed by atoms with Crippen molar-refractivity contribution < 1.29 is 9.53 Å². The van der Waals surface area contributed by atoms with Crippen LogP contribution in [0.1, 0.15) is 64.7 Å². The highest BCUT2D eigenvalue weighted by atomic mass is 35.5. The van der Waals surface area contributed by atoms with Crippen LogP contribution in [0, 0.1) is 17.8 Å². The first kappa shape index (κ1) is 20.0. The van der Waals surface area contributed by atoms with Crippen LogP contribution in [-0.4, -0.2) is 42.6 Å². The van der Waals surface area contributed by atoms with Gasteiger partial charge in [-0.05, 0) is 63.2 Å². The fourth-order valence-electron chi connectivity index (χ4n) is 4.99. The molecule has 4 nitrogen and oxygen atoms in total. The monoisotopic (exact) mass is 358 g/mol. The van der Waals surface area contributed by atoms with E-state index >= 15 is 0 Å². The average molecular weight is 359 g/mol. The van der Waals surface area contributed by atoms with Crippen LogP contribution in [0.5, 0.6) is 0 Å². The van der Waals surface area contributed by atoms with Gasteiger partial charge in [-0.1, -0.05) is 13.3 Å². The van der Waals surface area contributed by atoms with Gasteiger partial charge >= 0.3 is 0 Å². The highest BCUT2D eigenvalue weighted by Gasteiger charge is 2.41. The first-order chi connectivity index (χ1) is 11.2. The van der Waals surface area contributed by atoms with E-state index in [0.29, 0.717) is 29.9 Å². The summed E-state index contributed by atoms with van der Waals surface area (Å²) in [4.78, 5) is 15.1. The average Bonchev–Trinajstić information content (AvgIpc) is 2.77. The second-order valence-electron chi connectivity index (χ2n) is 7.95. The van der Waals surface area contributed by atoms with Gasteiger partial charge in [0.2, 0.25) is 5.91 Å². The summed E-state index contributed by atoms with van der Waals surface area (Å²) < 4.78 is 5.91. The molecule has 24 heavy (non-hydrogen) atoms. The minimum absolute atomic E-state index is 0. The van der Waals surface area contributed by atoms with Crippen LogP contribution in [0.4, 0.5) is 0 Å². The molecule has 0 aromatic carbocycles. The SMILES string of the molecule is CCCOC1CCCN(C(=O)C2CC3CCCC(C2)C3N)CC1.Cl. The Morgan fingerprint density at radius 2 is 1.79 bits per heavy atom. The Hall–Kier alpha value is -0.320. The summed E-state index contributed by atoms with van der Waals surface area (Å²) >= 11 is 0. The van der Waals surface area contributed by atoms with Crippen molar-refractivity contribution in [3.8, 4) is 0 Å². The second kappa shape index (κ2) is 9.40. The van der Waals surface area contributed by atoms with Crippen LogP contribution in [0.2, 0.25) is 0 Å². The maximum Gasteiger partial charge on any atom is 0.225 e.